The molecule has 0 N–H and O–H groups in total. The molecule has 1 atom stereocenters. The lowest BCUT2D eigenvalue weighted by molar-refractivity contribution is 0.657. The summed E-state index contributed by atoms with van der Waals surface area (Å²) in [6.45, 7) is 7.35. The molecular weight excluding hydrogens is 298 g/mol. The lowest BCUT2D eigenvalue weighted by Gasteiger charge is -2.17. The number of anilines is 1. The molecule has 1 aliphatic rings. The molecule has 1 aromatic heterocycles. The number of rotatable bonds is 3. The van der Waals surface area contributed by atoms with E-state index in [1.165, 1.54) is 5.56 Å². The highest BCUT2D eigenvalue weighted by atomic mass is 16.1. The molecule has 0 saturated carbocycles. The van der Waals surface area contributed by atoms with E-state index in [2.05, 4.69) is 23.6 Å². The van der Waals surface area contributed by atoms with E-state index in [0.717, 1.165) is 30.1 Å². The van der Waals surface area contributed by atoms with Crippen molar-refractivity contribution in [3.05, 3.63) is 82.7 Å². The maximum Gasteiger partial charge on any atom is 0.263 e. The van der Waals surface area contributed by atoms with E-state index < -0.39 is 0 Å². The molecule has 0 spiro atoms. The molecule has 2 aromatic carbocycles. The lowest BCUT2D eigenvalue weighted by atomic mass is 10.1. The highest BCUT2D eigenvalue weighted by molar-refractivity contribution is 5.80. The van der Waals surface area contributed by atoms with Gasteiger partial charge in [-0.15, -0.1) is 6.58 Å². The Bertz CT molecular complexity index is 975. The molecule has 0 amide bonds. The molecule has 0 unspecified atom stereocenters. The van der Waals surface area contributed by atoms with Gasteiger partial charge >= 0.3 is 0 Å². The third-order valence-electron chi connectivity index (χ3n) is 4.55. The summed E-state index contributed by atoms with van der Waals surface area (Å²) in [6.07, 6.45) is 1.83. The maximum atomic E-state index is 13.0. The van der Waals surface area contributed by atoms with Gasteiger partial charge in [-0.1, -0.05) is 48.0 Å². The largest absolute Gasteiger partial charge is 0.335 e. The minimum atomic E-state index is -0.0476. The number of nitrogens with zero attached hydrogens (tertiary/aromatic N) is 3. The second kappa shape index (κ2) is 5.64. The van der Waals surface area contributed by atoms with E-state index in [9.17, 15) is 4.79 Å². The van der Waals surface area contributed by atoms with Crippen LogP contribution < -0.4 is 10.5 Å². The third kappa shape index (κ3) is 2.31. The van der Waals surface area contributed by atoms with Crippen molar-refractivity contribution in [2.24, 2.45) is 0 Å². The summed E-state index contributed by atoms with van der Waals surface area (Å²) < 4.78 is 1.78. The van der Waals surface area contributed by atoms with E-state index >= 15 is 0 Å². The van der Waals surface area contributed by atoms with Crippen molar-refractivity contribution in [3.8, 4) is 0 Å². The van der Waals surface area contributed by atoms with Gasteiger partial charge in [0, 0.05) is 13.1 Å². The molecule has 0 saturated heterocycles. The van der Waals surface area contributed by atoms with Gasteiger partial charge in [0.15, 0.2) is 0 Å². The van der Waals surface area contributed by atoms with Crippen LogP contribution in [-0.2, 0) is 6.54 Å². The van der Waals surface area contributed by atoms with Crippen molar-refractivity contribution in [2.45, 2.75) is 19.5 Å². The predicted molar refractivity (Wildman–Crippen MR) is 97.5 cm³/mol. The second-order valence-electron chi connectivity index (χ2n) is 6.28. The summed E-state index contributed by atoms with van der Waals surface area (Å²) in [4.78, 5) is 19.9. The van der Waals surface area contributed by atoms with Crippen molar-refractivity contribution in [1.29, 1.82) is 0 Å². The van der Waals surface area contributed by atoms with E-state index in [0.29, 0.717) is 5.39 Å². The Morgan fingerprint density at radius 3 is 2.79 bits per heavy atom. The first kappa shape index (κ1) is 14.7. The van der Waals surface area contributed by atoms with E-state index in [4.69, 9.17) is 4.98 Å². The van der Waals surface area contributed by atoms with Gasteiger partial charge in [-0.3, -0.25) is 9.36 Å². The lowest BCUT2D eigenvalue weighted by Crippen LogP contribution is -2.23. The van der Waals surface area contributed by atoms with Crippen molar-refractivity contribution >= 4 is 16.9 Å². The van der Waals surface area contributed by atoms with Crippen LogP contribution in [-0.4, -0.2) is 16.1 Å². The summed E-state index contributed by atoms with van der Waals surface area (Å²) in [5.74, 6) is 0.727. The molecule has 4 heteroatoms. The third-order valence-corrected chi connectivity index (χ3v) is 4.55. The summed E-state index contributed by atoms with van der Waals surface area (Å²) in [5, 5.41) is 0.673. The molecule has 120 valence electrons. The Morgan fingerprint density at radius 2 is 2.04 bits per heavy atom. The minimum Gasteiger partial charge on any atom is -0.335 e. The van der Waals surface area contributed by atoms with Gasteiger partial charge < -0.3 is 4.90 Å². The maximum absolute atomic E-state index is 13.0. The van der Waals surface area contributed by atoms with Crippen molar-refractivity contribution in [1.82, 2.24) is 9.55 Å². The monoisotopic (exact) mass is 317 g/mol. The minimum absolute atomic E-state index is 0.0131. The summed E-state index contributed by atoms with van der Waals surface area (Å²) >= 11 is 0. The number of benzene rings is 2. The van der Waals surface area contributed by atoms with Crippen LogP contribution in [0.3, 0.4) is 0 Å². The Labute approximate surface area is 140 Å². The SMILES string of the molecule is C=C[C@@H]1CN(Cc2ccccc2)c2nc3ccc(C)cc3c(=O)n21. The molecule has 0 radical (unpaired) electrons. The molecule has 24 heavy (non-hydrogen) atoms. The van der Waals surface area contributed by atoms with Crippen LogP contribution in [0.5, 0.6) is 0 Å². The molecular formula is C20H19N3O. The fourth-order valence-electron chi connectivity index (χ4n) is 3.33. The average Bonchev–Trinajstić information content (AvgIpc) is 2.94. The predicted octanol–water partition coefficient (Wildman–Crippen LogP) is 3.45. The van der Waals surface area contributed by atoms with Crippen LogP contribution in [0.1, 0.15) is 17.2 Å². The van der Waals surface area contributed by atoms with Gasteiger partial charge in [0.1, 0.15) is 0 Å². The number of aryl methyl sites for hydroxylation is 1. The summed E-state index contributed by atoms with van der Waals surface area (Å²) in [7, 11) is 0. The molecule has 2 heterocycles. The summed E-state index contributed by atoms with van der Waals surface area (Å²) in [5.41, 5.74) is 3.03. The Hall–Kier alpha value is -2.88. The fraction of sp³-hybridized carbons (Fsp3) is 0.200. The second-order valence-corrected chi connectivity index (χ2v) is 6.28. The first-order valence-corrected chi connectivity index (χ1v) is 8.11. The van der Waals surface area contributed by atoms with Crippen LogP contribution in [0.25, 0.3) is 10.9 Å². The molecule has 1 aliphatic heterocycles. The van der Waals surface area contributed by atoms with Crippen molar-refractivity contribution in [2.75, 3.05) is 11.4 Å². The molecule has 4 nitrogen and oxygen atoms in total. The Morgan fingerprint density at radius 1 is 1.25 bits per heavy atom. The number of aromatic nitrogens is 2. The van der Waals surface area contributed by atoms with E-state index in [1.807, 2.05) is 49.4 Å². The summed E-state index contributed by atoms with van der Waals surface area (Å²) in [6, 6.07) is 16.0. The topological polar surface area (TPSA) is 38.1 Å². The number of fused-ring (bicyclic) bond motifs is 2. The van der Waals surface area contributed by atoms with Gasteiger partial charge in [-0.05, 0) is 24.6 Å². The standard InChI is InChI=1S/C20H19N3O/c1-3-16-13-22(12-15-7-5-4-6-8-15)20-21-18-10-9-14(2)11-17(18)19(24)23(16)20/h3-11,16H,1,12-13H2,2H3/t16-/m1/s1. The highest BCUT2D eigenvalue weighted by Crippen LogP contribution is 2.29. The van der Waals surface area contributed by atoms with Gasteiger partial charge in [0.05, 0.1) is 16.9 Å². The first-order chi connectivity index (χ1) is 11.7. The fourth-order valence-corrected chi connectivity index (χ4v) is 3.33. The van der Waals surface area contributed by atoms with Crippen molar-refractivity contribution in [3.63, 3.8) is 0 Å². The normalized spacial score (nSPS) is 16.4. The molecule has 0 bridgehead atoms. The van der Waals surface area contributed by atoms with Crippen LogP contribution in [0, 0.1) is 6.92 Å². The molecule has 3 aromatic rings. The van der Waals surface area contributed by atoms with Crippen LogP contribution >= 0.6 is 0 Å². The van der Waals surface area contributed by atoms with Crippen LogP contribution in [0.4, 0.5) is 5.95 Å². The quantitative estimate of drug-likeness (QED) is 0.694. The number of hydrogen-bond donors (Lipinski definition) is 0. The van der Waals surface area contributed by atoms with Crippen LogP contribution in [0.15, 0.2) is 66.0 Å². The molecule has 0 aliphatic carbocycles. The smallest absolute Gasteiger partial charge is 0.263 e. The van der Waals surface area contributed by atoms with Gasteiger partial charge in [0.25, 0.3) is 5.56 Å². The van der Waals surface area contributed by atoms with Gasteiger partial charge in [0.2, 0.25) is 5.95 Å². The Kier molecular flexibility index (Phi) is 3.45. The molecule has 0 fully saturated rings. The van der Waals surface area contributed by atoms with Crippen molar-refractivity contribution < 1.29 is 0 Å². The highest BCUT2D eigenvalue weighted by Gasteiger charge is 2.29. The average molecular weight is 317 g/mol. The van der Waals surface area contributed by atoms with Gasteiger partial charge in [-0.2, -0.15) is 0 Å². The zero-order valence-corrected chi connectivity index (χ0v) is 13.6. The van der Waals surface area contributed by atoms with Gasteiger partial charge in [-0.25, -0.2) is 4.98 Å². The van der Waals surface area contributed by atoms with E-state index in [1.54, 1.807) is 4.57 Å². The van der Waals surface area contributed by atoms with Crippen LogP contribution in [0.2, 0.25) is 0 Å². The zero-order valence-electron chi connectivity index (χ0n) is 13.6. The number of hydrogen-bond acceptors (Lipinski definition) is 3. The van der Waals surface area contributed by atoms with E-state index in [-0.39, 0.29) is 11.6 Å². The Balaban J connectivity index is 1.87. The zero-order chi connectivity index (χ0) is 16.7. The first-order valence-electron chi connectivity index (χ1n) is 8.11. The molecule has 4 rings (SSSR count).